The normalized spacial score (nSPS) is 13.3. The predicted molar refractivity (Wildman–Crippen MR) is 82.3 cm³/mol. The highest BCUT2D eigenvalue weighted by molar-refractivity contribution is 5.78. The van der Waals surface area contributed by atoms with E-state index in [-0.39, 0.29) is 12.5 Å². The SMILES string of the molecule is CC(C)c1ccc(OCC(=O)N2Cc3cncnc3C2)cc1. The summed E-state index contributed by atoms with van der Waals surface area (Å²) in [5.41, 5.74) is 3.19. The number of ether oxygens (including phenoxy) is 1. The van der Waals surface area contributed by atoms with Crippen molar-refractivity contribution in [1.82, 2.24) is 14.9 Å². The molecule has 0 aliphatic carbocycles. The summed E-state index contributed by atoms with van der Waals surface area (Å²) in [5, 5.41) is 0. The molecule has 1 aromatic heterocycles. The molecule has 0 spiro atoms. The first-order valence-corrected chi connectivity index (χ1v) is 7.42. The highest BCUT2D eigenvalue weighted by Crippen LogP contribution is 2.21. The Labute approximate surface area is 130 Å². The average Bonchev–Trinajstić information content (AvgIpc) is 2.97. The molecule has 0 saturated carbocycles. The fraction of sp³-hybridized carbons (Fsp3) is 0.353. The largest absolute Gasteiger partial charge is 0.484 e. The van der Waals surface area contributed by atoms with Crippen LogP contribution in [0.2, 0.25) is 0 Å². The van der Waals surface area contributed by atoms with Crippen molar-refractivity contribution in [2.24, 2.45) is 0 Å². The van der Waals surface area contributed by atoms with Crippen LogP contribution in [-0.2, 0) is 17.9 Å². The Morgan fingerprint density at radius 1 is 1.27 bits per heavy atom. The zero-order valence-electron chi connectivity index (χ0n) is 12.8. The second kappa shape index (κ2) is 6.13. The molecule has 0 unspecified atom stereocenters. The van der Waals surface area contributed by atoms with Gasteiger partial charge in [0.2, 0.25) is 0 Å². The van der Waals surface area contributed by atoms with Crippen LogP contribution in [0.3, 0.4) is 0 Å². The lowest BCUT2D eigenvalue weighted by atomic mass is 10.0. The second-order valence-corrected chi connectivity index (χ2v) is 5.76. The molecule has 0 saturated heterocycles. The molecule has 0 atom stereocenters. The molecule has 1 aromatic carbocycles. The van der Waals surface area contributed by atoms with Gasteiger partial charge in [-0.15, -0.1) is 0 Å². The molecular formula is C17H19N3O2. The van der Waals surface area contributed by atoms with E-state index in [9.17, 15) is 4.79 Å². The molecule has 1 aliphatic heterocycles. The molecule has 5 heteroatoms. The van der Waals surface area contributed by atoms with Crippen molar-refractivity contribution in [3.63, 3.8) is 0 Å². The summed E-state index contributed by atoms with van der Waals surface area (Å²) < 4.78 is 5.59. The van der Waals surface area contributed by atoms with Crippen molar-refractivity contribution >= 4 is 5.91 Å². The van der Waals surface area contributed by atoms with E-state index in [1.54, 1.807) is 11.1 Å². The van der Waals surface area contributed by atoms with Crippen LogP contribution >= 0.6 is 0 Å². The fourth-order valence-electron chi connectivity index (χ4n) is 2.46. The summed E-state index contributed by atoms with van der Waals surface area (Å²) in [6.45, 7) is 5.43. The minimum absolute atomic E-state index is 0.0362. The standard InChI is InChI=1S/C17H19N3O2/c1-12(2)13-3-5-15(6-4-13)22-10-17(21)20-8-14-7-18-11-19-16(14)9-20/h3-7,11-12H,8-10H2,1-2H3. The molecule has 0 fully saturated rings. The van der Waals surface area contributed by atoms with Gasteiger partial charge in [0.1, 0.15) is 12.1 Å². The Morgan fingerprint density at radius 3 is 2.73 bits per heavy atom. The van der Waals surface area contributed by atoms with Crippen LogP contribution < -0.4 is 4.74 Å². The topological polar surface area (TPSA) is 55.3 Å². The zero-order chi connectivity index (χ0) is 15.5. The first kappa shape index (κ1) is 14.5. The fourth-order valence-corrected chi connectivity index (χ4v) is 2.46. The number of carbonyl (C=O) groups excluding carboxylic acids is 1. The number of rotatable bonds is 4. The van der Waals surface area contributed by atoms with Crippen molar-refractivity contribution in [3.05, 3.63) is 53.6 Å². The molecule has 1 amide bonds. The molecule has 2 heterocycles. The summed E-state index contributed by atoms with van der Waals surface area (Å²) in [4.78, 5) is 22.1. The van der Waals surface area contributed by atoms with Gasteiger partial charge in [0, 0.05) is 18.3 Å². The van der Waals surface area contributed by atoms with Crippen LogP contribution in [0.4, 0.5) is 0 Å². The molecule has 5 nitrogen and oxygen atoms in total. The number of hydrogen-bond donors (Lipinski definition) is 0. The van der Waals surface area contributed by atoms with Crippen LogP contribution in [0.25, 0.3) is 0 Å². The Kier molecular flexibility index (Phi) is 4.04. The monoisotopic (exact) mass is 297 g/mol. The number of benzene rings is 1. The molecule has 1 aliphatic rings. The van der Waals surface area contributed by atoms with Gasteiger partial charge >= 0.3 is 0 Å². The van der Waals surface area contributed by atoms with Gasteiger partial charge in [0.05, 0.1) is 12.2 Å². The highest BCUT2D eigenvalue weighted by Gasteiger charge is 2.24. The van der Waals surface area contributed by atoms with Crippen LogP contribution in [0.5, 0.6) is 5.75 Å². The highest BCUT2D eigenvalue weighted by atomic mass is 16.5. The van der Waals surface area contributed by atoms with E-state index in [1.165, 1.54) is 11.9 Å². The molecule has 0 radical (unpaired) electrons. The Morgan fingerprint density at radius 2 is 2.05 bits per heavy atom. The van der Waals surface area contributed by atoms with Gasteiger partial charge in [-0.25, -0.2) is 9.97 Å². The third kappa shape index (κ3) is 3.08. The number of nitrogens with zero attached hydrogens (tertiary/aromatic N) is 3. The van der Waals surface area contributed by atoms with Crippen molar-refractivity contribution in [2.45, 2.75) is 32.9 Å². The van der Waals surface area contributed by atoms with Crippen molar-refractivity contribution in [3.8, 4) is 5.75 Å². The maximum Gasteiger partial charge on any atom is 0.261 e. The van der Waals surface area contributed by atoms with E-state index < -0.39 is 0 Å². The minimum Gasteiger partial charge on any atom is -0.484 e. The molecule has 22 heavy (non-hydrogen) atoms. The molecule has 3 rings (SSSR count). The lowest BCUT2D eigenvalue weighted by Crippen LogP contribution is -2.30. The number of fused-ring (bicyclic) bond motifs is 1. The number of carbonyl (C=O) groups is 1. The van der Waals surface area contributed by atoms with Crippen molar-refractivity contribution in [2.75, 3.05) is 6.61 Å². The van der Waals surface area contributed by atoms with Gasteiger partial charge in [-0.05, 0) is 23.6 Å². The Balaban J connectivity index is 1.55. The molecular weight excluding hydrogens is 278 g/mol. The molecule has 0 N–H and O–H groups in total. The summed E-state index contributed by atoms with van der Waals surface area (Å²) in [6, 6.07) is 7.89. The second-order valence-electron chi connectivity index (χ2n) is 5.76. The molecule has 2 aromatic rings. The third-order valence-corrected chi connectivity index (χ3v) is 3.84. The van der Waals surface area contributed by atoms with E-state index in [0.717, 1.165) is 11.3 Å². The maximum atomic E-state index is 12.2. The molecule has 0 bridgehead atoms. The lowest BCUT2D eigenvalue weighted by molar-refractivity contribution is -0.134. The van der Waals surface area contributed by atoms with E-state index in [4.69, 9.17) is 4.74 Å². The van der Waals surface area contributed by atoms with E-state index in [0.29, 0.717) is 24.8 Å². The van der Waals surface area contributed by atoms with Gasteiger partial charge in [0.25, 0.3) is 5.91 Å². The quantitative estimate of drug-likeness (QED) is 0.870. The van der Waals surface area contributed by atoms with Crippen LogP contribution in [0.15, 0.2) is 36.8 Å². The van der Waals surface area contributed by atoms with Gasteiger partial charge in [0.15, 0.2) is 6.61 Å². The summed E-state index contributed by atoms with van der Waals surface area (Å²) in [5.74, 6) is 1.17. The van der Waals surface area contributed by atoms with Gasteiger partial charge in [-0.3, -0.25) is 4.79 Å². The lowest BCUT2D eigenvalue weighted by Gasteiger charge is -2.15. The van der Waals surface area contributed by atoms with Gasteiger partial charge < -0.3 is 9.64 Å². The van der Waals surface area contributed by atoms with Gasteiger partial charge in [-0.1, -0.05) is 26.0 Å². The minimum atomic E-state index is -0.0362. The number of hydrogen-bond acceptors (Lipinski definition) is 4. The summed E-state index contributed by atoms with van der Waals surface area (Å²) in [6.07, 6.45) is 3.28. The molecule has 114 valence electrons. The van der Waals surface area contributed by atoms with Gasteiger partial charge in [-0.2, -0.15) is 0 Å². The first-order valence-electron chi connectivity index (χ1n) is 7.42. The van der Waals surface area contributed by atoms with E-state index in [2.05, 4.69) is 23.8 Å². The van der Waals surface area contributed by atoms with Crippen LogP contribution in [-0.4, -0.2) is 27.4 Å². The maximum absolute atomic E-state index is 12.2. The Hall–Kier alpha value is -2.43. The number of amides is 1. The smallest absolute Gasteiger partial charge is 0.261 e. The predicted octanol–water partition coefficient (Wildman–Crippen LogP) is 2.52. The number of aromatic nitrogens is 2. The zero-order valence-corrected chi connectivity index (χ0v) is 12.8. The summed E-state index contributed by atoms with van der Waals surface area (Å²) >= 11 is 0. The van der Waals surface area contributed by atoms with Crippen molar-refractivity contribution < 1.29 is 9.53 Å². The summed E-state index contributed by atoms with van der Waals surface area (Å²) in [7, 11) is 0. The first-order chi connectivity index (χ1) is 10.6. The average molecular weight is 297 g/mol. The third-order valence-electron chi connectivity index (χ3n) is 3.84. The van der Waals surface area contributed by atoms with E-state index >= 15 is 0 Å². The van der Waals surface area contributed by atoms with Crippen LogP contribution in [0.1, 0.15) is 36.6 Å². The Bertz CT molecular complexity index is 643. The van der Waals surface area contributed by atoms with E-state index in [1.807, 2.05) is 24.3 Å². The van der Waals surface area contributed by atoms with Crippen molar-refractivity contribution in [1.29, 1.82) is 0 Å². The van der Waals surface area contributed by atoms with Crippen LogP contribution in [0, 0.1) is 0 Å².